The maximum Gasteiger partial charge on any atom is 0.227 e. The maximum atomic E-state index is 13.0. The Morgan fingerprint density at radius 1 is 1.46 bits per heavy atom. The highest BCUT2D eigenvalue weighted by molar-refractivity contribution is 5.92. The summed E-state index contributed by atoms with van der Waals surface area (Å²) in [6, 6.07) is 6.17. The summed E-state index contributed by atoms with van der Waals surface area (Å²) in [5.41, 5.74) is 3.60. The van der Waals surface area contributed by atoms with E-state index in [9.17, 15) is 9.90 Å². The van der Waals surface area contributed by atoms with Crippen molar-refractivity contribution < 1.29 is 9.90 Å². The molecular formula is C20H22N2O2. The van der Waals surface area contributed by atoms with Gasteiger partial charge in [-0.2, -0.15) is 0 Å². The molecule has 2 aromatic rings. The number of H-pyrrole nitrogens is 1. The van der Waals surface area contributed by atoms with Crippen molar-refractivity contribution in [1.29, 1.82) is 0 Å². The number of hydrogen-bond acceptors (Lipinski definition) is 2. The van der Waals surface area contributed by atoms with E-state index in [0.717, 1.165) is 41.5 Å². The fourth-order valence-electron chi connectivity index (χ4n) is 5.40. The molecule has 0 spiro atoms. The smallest absolute Gasteiger partial charge is 0.227 e. The van der Waals surface area contributed by atoms with Crippen LogP contribution in [0, 0.1) is 12.8 Å². The van der Waals surface area contributed by atoms with Crippen molar-refractivity contribution in [3.8, 4) is 0 Å². The van der Waals surface area contributed by atoms with Gasteiger partial charge in [0.25, 0.3) is 0 Å². The Morgan fingerprint density at radius 2 is 2.29 bits per heavy atom. The summed E-state index contributed by atoms with van der Waals surface area (Å²) < 4.78 is 0. The molecule has 2 saturated heterocycles. The van der Waals surface area contributed by atoms with Crippen molar-refractivity contribution in [2.75, 3.05) is 6.54 Å². The molecule has 4 unspecified atom stereocenters. The zero-order chi connectivity index (χ0) is 16.6. The zero-order valence-electron chi connectivity index (χ0n) is 13.9. The van der Waals surface area contributed by atoms with Crippen LogP contribution in [0.5, 0.6) is 0 Å². The SMILES string of the molecule is C=CC1(O)CC2CC3c4[nH]c5ccc(C)cc5c4CC(=O)N(C2)C31. The van der Waals surface area contributed by atoms with E-state index < -0.39 is 5.60 Å². The summed E-state index contributed by atoms with van der Waals surface area (Å²) in [6.45, 7) is 6.73. The van der Waals surface area contributed by atoms with Gasteiger partial charge in [-0.15, -0.1) is 6.58 Å². The predicted molar refractivity (Wildman–Crippen MR) is 92.9 cm³/mol. The van der Waals surface area contributed by atoms with Gasteiger partial charge in [-0.05, 0) is 43.4 Å². The number of aliphatic hydroxyl groups is 1. The number of benzene rings is 1. The minimum absolute atomic E-state index is 0.135. The molecule has 2 N–H and O–H groups in total. The normalized spacial score (nSPS) is 34.3. The lowest BCUT2D eigenvalue weighted by Gasteiger charge is -2.56. The summed E-state index contributed by atoms with van der Waals surface area (Å²) in [4.78, 5) is 18.5. The van der Waals surface area contributed by atoms with Crippen LogP contribution in [-0.2, 0) is 11.2 Å². The molecule has 3 aliphatic heterocycles. The number of hydrogen-bond donors (Lipinski definition) is 2. The number of aromatic amines is 1. The van der Waals surface area contributed by atoms with Gasteiger partial charge >= 0.3 is 0 Å². The van der Waals surface area contributed by atoms with Crippen LogP contribution < -0.4 is 0 Å². The molecule has 1 aromatic heterocycles. The van der Waals surface area contributed by atoms with E-state index in [4.69, 9.17) is 0 Å². The van der Waals surface area contributed by atoms with Gasteiger partial charge in [0.15, 0.2) is 0 Å². The van der Waals surface area contributed by atoms with Gasteiger partial charge in [-0.1, -0.05) is 17.7 Å². The molecule has 0 radical (unpaired) electrons. The molecule has 4 aliphatic rings. The Bertz CT molecular complexity index is 883. The van der Waals surface area contributed by atoms with E-state index in [-0.39, 0.29) is 17.9 Å². The third kappa shape index (κ3) is 1.69. The molecule has 124 valence electrons. The van der Waals surface area contributed by atoms with Crippen molar-refractivity contribution in [2.45, 2.75) is 43.7 Å². The van der Waals surface area contributed by atoms with Crippen molar-refractivity contribution in [1.82, 2.24) is 9.88 Å². The standard InChI is InChI=1S/C20H22N2O2/c1-3-20(24)9-12-7-15-18-14(8-17(23)22(10-12)19(15)20)13-6-11(2)4-5-16(13)21-18/h3-6,12,15,19,21,24H,1,7-10H2,2H3. The highest BCUT2D eigenvalue weighted by Gasteiger charge is 2.57. The van der Waals surface area contributed by atoms with E-state index in [1.807, 2.05) is 4.90 Å². The number of aryl methyl sites for hydroxylation is 1. The highest BCUT2D eigenvalue weighted by atomic mass is 16.3. The van der Waals surface area contributed by atoms with Gasteiger partial charge in [0.05, 0.1) is 12.5 Å². The van der Waals surface area contributed by atoms with Crippen LogP contribution >= 0.6 is 0 Å². The lowest BCUT2D eigenvalue weighted by Crippen LogP contribution is -2.65. The molecule has 3 fully saturated rings. The van der Waals surface area contributed by atoms with Gasteiger partial charge in [-0.3, -0.25) is 4.79 Å². The number of nitrogens with one attached hydrogen (secondary N) is 1. The van der Waals surface area contributed by atoms with Crippen molar-refractivity contribution in [3.63, 3.8) is 0 Å². The second-order valence-electron chi connectivity index (χ2n) is 7.84. The first kappa shape index (κ1) is 14.3. The number of nitrogens with zero attached hydrogens (tertiary/aromatic N) is 1. The van der Waals surface area contributed by atoms with Gasteiger partial charge in [0.1, 0.15) is 5.60 Å². The number of fused-ring (bicyclic) bond motifs is 4. The molecule has 1 saturated carbocycles. The molecule has 4 bridgehead atoms. The minimum atomic E-state index is -0.976. The fourth-order valence-corrected chi connectivity index (χ4v) is 5.40. The molecule has 6 rings (SSSR count). The molecule has 4 nitrogen and oxygen atoms in total. The number of piperidine rings is 2. The Morgan fingerprint density at radius 3 is 3.08 bits per heavy atom. The van der Waals surface area contributed by atoms with Crippen molar-refractivity contribution in [3.05, 3.63) is 47.7 Å². The number of aromatic nitrogens is 1. The summed E-state index contributed by atoms with van der Waals surface area (Å²) in [5, 5.41) is 12.3. The molecule has 4 heteroatoms. The first-order valence-electron chi connectivity index (χ1n) is 8.77. The van der Waals surface area contributed by atoms with E-state index in [1.165, 1.54) is 5.56 Å². The van der Waals surface area contributed by atoms with Gasteiger partial charge in [-0.25, -0.2) is 0 Å². The summed E-state index contributed by atoms with van der Waals surface area (Å²) in [7, 11) is 0. The van der Waals surface area contributed by atoms with Crippen LogP contribution in [0.1, 0.15) is 35.6 Å². The van der Waals surface area contributed by atoms with E-state index in [1.54, 1.807) is 6.08 Å². The average molecular weight is 322 g/mol. The molecule has 1 aliphatic carbocycles. The minimum Gasteiger partial charge on any atom is -0.384 e. The summed E-state index contributed by atoms with van der Waals surface area (Å²) >= 11 is 0. The van der Waals surface area contributed by atoms with Crippen LogP contribution in [0.15, 0.2) is 30.9 Å². The Kier molecular flexibility index (Phi) is 2.69. The van der Waals surface area contributed by atoms with Crippen molar-refractivity contribution in [2.24, 2.45) is 5.92 Å². The van der Waals surface area contributed by atoms with Crippen LogP contribution in [0.3, 0.4) is 0 Å². The fraction of sp³-hybridized carbons (Fsp3) is 0.450. The Balaban J connectivity index is 1.76. The molecule has 24 heavy (non-hydrogen) atoms. The van der Waals surface area contributed by atoms with Gasteiger partial charge in [0, 0.05) is 29.1 Å². The second-order valence-corrected chi connectivity index (χ2v) is 7.84. The molecule has 1 amide bonds. The van der Waals surface area contributed by atoms with Crippen molar-refractivity contribution >= 4 is 16.8 Å². The number of carbonyl (C=O) groups excluding carboxylic acids is 1. The van der Waals surface area contributed by atoms with Gasteiger partial charge in [0.2, 0.25) is 5.91 Å². The van der Waals surface area contributed by atoms with E-state index >= 15 is 0 Å². The van der Waals surface area contributed by atoms with Crippen LogP contribution in [0.25, 0.3) is 10.9 Å². The van der Waals surface area contributed by atoms with E-state index in [2.05, 4.69) is 36.7 Å². The highest BCUT2D eigenvalue weighted by Crippen LogP contribution is 2.52. The Labute approximate surface area is 141 Å². The predicted octanol–water partition coefficient (Wildman–Crippen LogP) is 2.65. The largest absolute Gasteiger partial charge is 0.384 e. The van der Waals surface area contributed by atoms with Crippen LogP contribution in [0.4, 0.5) is 0 Å². The molecule has 4 atom stereocenters. The maximum absolute atomic E-state index is 13.0. The quantitative estimate of drug-likeness (QED) is 0.793. The first-order chi connectivity index (χ1) is 11.5. The number of rotatable bonds is 1. The molecule has 1 aromatic carbocycles. The van der Waals surface area contributed by atoms with E-state index in [0.29, 0.717) is 12.3 Å². The molecule has 4 heterocycles. The number of amides is 1. The van der Waals surface area contributed by atoms with Crippen LogP contribution in [-0.4, -0.2) is 39.1 Å². The lowest BCUT2D eigenvalue weighted by atomic mass is 9.63. The van der Waals surface area contributed by atoms with Crippen LogP contribution in [0.2, 0.25) is 0 Å². The number of carbonyl (C=O) groups is 1. The zero-order valence-corrected chi connectivity index (χ0v) is 13.9. The third-order valence-electron chi connectivity index (χ3n) is 6.35. The third-order valence-corrected chi connectivity index (χ3v) is 6.35. The lowest BCUT2D eigenvalue weighted by molar-refractivity contribution is -0.155. The monoisotopic (exact) mass is 322 g/mol. The first-order valence-corrected chi connectivity index (χ1v) is 8.77. The second kappa shape index (κ2) is 4.51. The summed E-state index contributed by atoms with van der Waals surface area (Å²) in [5.74, 6) is 0.636. The Hall–Kier alpha value is -2.07. The average Bonchev–Trinajstić information content (AvgIpc) is 2.88. The topological polar surface area (TPSA) is 56.3 Å². The van der Waals surface area contributed by atoms with Gasteiger partial charge < -0.3 is 15.0 Å². The summed E-state index contributed by atoms with van der Waals surface area (Å²) in [6.07, 6.45) is 3.83. The molecular weight excluding hydrogens is 300 g/mol.